The van der Waals surface area contributed by atoms with Gasteiger partial charge in [0.15, 0.2) is 0 Å². The van der Waals surface area contributed by atoms with Gasteiger partial charge in [-0.3, -0.25) is 5.10 Å². The van der Waals surface area contributed by atoms with Gasteiger partial charge in [0, 0.05) is 11.1 Å². The summed E-state index contributed by atoms with van der Waals surface area (Å²) in [5.41, 5.74) is 8.05. The number of anilines is 1. The molecule has 0 spiro atoms. The van der Waals surface area contributed by atoms with Crippen LogP contribution in [0.5, 0.6) is 11.5 Å². The van der Waals surface area contributed by atoms with E-state index in [4.69, 9.17) is 20.5 Å². The lowest BCUT2D eigenvalue weighted by Gasteiger charge is -2.11. The average molecular weight is 258 g/mol. The summed E-state index contributed by atoms with van der Waals surface area (Å²) in [4.78, 5) is 0. The van der Waals surface area contributed by atoms with Gasteiger partial charge >= 0.3 is 0 Å². The molecule has 0 amide bonds. The van der Waals surface area contributed by atoms with Crippen LogP contribution in [0.1, 0.15) is 11.1 Å². The number of nitrogens with zero attached hydrogens (tertiary/aromatic N) is 2. The highest BCUT2D eigenvalue weighted by atomic mass is 16.5. The van der Waals surface area contributed by atoms with Gasteiger partial charge in [-0.05, 0) is 19.1 Å². The Hall–Kier alpha value is -2.68. The van der Waals surface area contributed by atoms with Gasteiger partial charge in [-0.15, -0.1) is 0 Å². The Balaban J connectivity index is 2.66. The molecule has 0 atom stereocenters. The zero-order valence-electron chi connectivity index (χ0n) is 10.9. The molecule has 0 saturated heterocycles. The Morgan fingerprint density at radius 2 is 1.84 bits per heavy atom. The summed E-state index contributed by atoms with van der Waals surface area (Å²) in [5, 5.41) is 15.8. The number of hydrogen-bond donors (Lipinski definition) is 2. The van der Waals surface area contributed by atoms with Crippen LogP contribution in [-0.4, -0.2) is 24.4 Å². The number of rotatable bonds is 3. The van der Waals surface area contributed by atoms with Gasteiger partial charge < -0.3 is 15.2 Å². The van der Waals surface area contributed by atoms with E-state index in [1.165, 1.54) is 0 Å². The number of benzene rings is 1. The van der Waals surface area contributed by atoms with E-state index in [2.05, 4.69) is 10.2 Å². The van der Waals surface area contributed by atoms with Crippen LogP contribution in [-0.2, 0) is 0 Å². The fraction of sp³-hybridized carbons (Fsp3) is 0.231. The van der Waals surface area contributed by atoms with Crippen molar-refractivity contribution in [3.63, 3.8) is 0 Å². The molecule has 19 heavy (non-hydrogen) atoms. The second-order valence-corrected chi connectivity index (χ2v) is 3.98. The molecule has 6 heteroatoms. The zero-order valence-corrected chi connectivity index (χ0v) is 10.9. The summed E-state index contributed by atoms with van der Waals surface area (Å²) in [6.07, 6.45) is 0. The van der Waals surface area contributed by atoms with Crippen molar-refractivity contribution in [2.75, 3.05) is 20.0 Å². The summed E-state index contributed by atoms with van der Waals surface area (Å²) in [6.45, 7) is 1.89. The molecule has 6 nitrogen and oxygen atoms in total. The van der Waals surface area contributed by atoms with Crippen LogP contribution in [0.15, 0.2) is 12.1 Å². The maximum atomic E-state index is 9.10. The van der Waals surface area contributed by atoms with E-state index in [-0.39, 0.29) is 5.82 Å². The Kier molecular flexibility index (Phi) is 3.29. The summed E-state index contributed by atoms with van der Waals surface area (Å²) in [6, 6.07) is 5.63. The van der Waals surface area contributed by atoms with Crippen molar-refractivity contribution in [1.82, 2.24) is 10.2 Å². The quantitative estimate of drug-likeness (QED) is 0.875. The molecule has 0 unspecified atom stereocenters. The van der Waals surface area contributed by atoms with E-state index in [0.717, 1.165) is 5.56 Å². The molecule has 2 aromatic rings. The number of aromatic amines is 1. The molecule has 0 radical (unpaired) electrons. The molecule has 1 aromatic carbocycles. The summed E-state index contributed by atoms with van der Waals surface area (Å²) in [7, 11) is 3.16. The van der Waals surface area contributed by atoms with Crippen molar-refractivity contribution in [3.8, 4) is 28.8 Å². The first-order chi connectivity index (χ1) is 9.12. The van der Waals surface area contributed by atoms with Crippen LogP contribution in [0, 0.1) is 18.3 Å². The van der Waals surface area contributed by atoms with E-state index in [1.807, 2.05) is 13.0 Å². The van der Waals surface area contributed by atoms with Crippen LogP contribution in [0.2, 0.25) is 0 Å². The molecule has 98 valence electrons. The number of H-pyrrole nitrogens is 1. The highest BCUT2D eigenvalue weighted by Gasteiger charge is 2.16. The summed E-state index contributed by atoms with van der Waals surface area (Å²) in [5.74, 6) is 1.58. The van der Waals surface area contributed by atoms with Gasteiger partial charge in [0.05, 0.1) is 14.2 Å². The third-order valence-electron chi connectivity index (χ3n) is 2.93. The molecule has 2 rings (SSSR count). The number of hydrogen-bond acceptors (Lipinski definition) is 5. The maximum absolute atomic E-state index is 9.10. The van der Waals surface area contributed by atoms with Gasteiger partial charge in [0.1, 0.15) is 34.6 Å². The minimum absolute atomic E-state index is 0.246. The topological polar surface area (TPSA) is 97.0 Å². The standard InChI is InChI=1S/C13H14N4O2/c1-7-10(18-2)4-8(5-11(7)19-3)12-9(6-14)13(15)17-16-12/h4-5H,1-3H3,(H3,15,16,17). The fourth-order valence-corrected chi connectivity index (χ4v) is 1.90. The Bertz CT molecular complexity index is 630. The van der Waals surface area contributed by atoms with Crippen molar-refractivity contribution in [3.05, 3.63) is 23.3 Å². The minimum Gasteiger partial charge on any atom is -0.496 e. The van der Waals surface area contributed by atoms with E-state index in [1.54, 1.807) is 26.4 Å². The van der Waals surface area contributed by atoms with Crippen LogP contribution in [0.3, 0.4) is 0 Å². The van der Waals surface area contributed by atoms with Crippen LogP contribution >= 0.6 is 0 Å². The monoisotopic (exact) mass is 258 g/mol. The number of ether oxygens (including phenoxy) is 2. The molecule has 0 fully saturated rings. The normalized spacial score (nSPS) is 10.0. The lowest BCUT2D eigenvalue weighted by Crippen LogP contribution is -1.94. The molecule has 3 N–H and O–H groups in total. The first-order valence-corrected chi connectivity index (χ1v) is 5.59. The van der Waals surface area contributed by atoms with E-state index in [0.29, 0.717) is 28.3 Å². The first kappa shape index (κ1) is 12.8. The third-order valence-corrected chi connectivity index (χ3v) is 2.93. The number of methoxy groups -OCH3 is 2. The number of aromatic nitrogens is 2. The highest BCUT2D eigenvalue weighted by Crippen LogP contribution is 2.35. The highest BCUT2D eigenvalue weighted by molar-refractivity contribution is 5.75. The molecular weight excluding hydrogens is 244 g/mol. The van der Waals surface area contributed by atoms with E-state index >= 15 is 0 Å². The van der Waals surface area contributed by atoms with Crippen molar-refractivity contribution >= 4 is 5.82 Å². The molecule has 0 aliphatic rings. The lowest BCUT2D eigenvalue weighted by molar-refractivity contribution is 0.389. The second kappa shape index (κ2) is 4.90. The van der Waals surface area contributed by atoms with Gasteiger partial charge in [0.2, 0.25) is 0 Å². The van der Waals surface area contributed by atoms with Crippen LogP contribution < -0.4 is 15.2 Å². The minimum atomic E-state index is 0.246. The van der Waals surface area contributed by atoms with Gasteiger partial charge in [-0.2, -0.15) is 10.4 Å². The van der Waals surface area contributed by atoms with E-state index in [9.17, 15) is 0 Å². The Morgan fingerprint density at radius 3 is 2.32 bits per heavy atom. The smallest absolute Gasteiger partial charge is 0.137 e. The van der Waals surface area contributed by atoms with Crippen molar-refractivity contribution in [2.24, 2.45) is 0 Å². The molecular formula is C13H14N4O2. The van der Waals surface area contributed by atoms with Crippen LogP contribution in [0.4, 0.5) is 5.82 Å². The molecule has 0 bridgehead atoms. The van der Waals surface area contributed by atoms with E-state index < -0.39 is 0 Å². The second-order valence-electron chi connectivity index (χ2n) is 3.98. The van der Waals surface area contributed by atoms with Gasteiger partial charge in [-0.1, -0.05) is 0 Å². The zero-order chi connectivity index (χ0) is 14.0. The largest absolute Gasteiger partial charge is 0.496 e. The predicted octanol–water partition coefficient (Wildman–Crippen LogP) is 1.86. The number of nitrogens with two attached hydrogens (primary N) is 1. The maximum Gasteiger partial charge on any atom is 0.137 e. The fourth-order valence-electron chi connectivity index (χ4n) is 1.90. The van der Waals surface area contributed by atoms with Gasteiger partial charge in [0.25, 0.3) is 0 Å². The predicted molar refractivity (Wildman–Crippen MR) is 71.0 cm³/mol. The van der Waals surface area contributed by atoms with Crippen molar-refractivity contribution in [2.45, 2.75) is 6.92 Å². The Morgan fingerprint density at radius 1 is 1.26 bits per heavy atom. The first-order valence-electron chi connectivity index (χ1n) is 5.59. The summed E-state index contributed by atoms with van der Waals surface area (Å²) < 4.78 is 10.6. The van der Waals surface area contributed by atoms with Crippen molar-refractivity contribution < 1.29 is 9.47 Å². The lowest BCUT2D eigenvalue weighted by atomic mass is 10.0. The molecule has 1 heterocycles. The van der Waals surface area contributed by atoms with Gasteiger partial charge in [-0.25, -0.2) is 0 Å². The molecule has 0 aliphatic heterocycles. The molecule has 0 saturated carbocycles. The number of nitrogens with one attached hydrogen (secondary N) is 1. The third kappa shape index (κ3) is 2.06. The molecule has 1 aromatic heterocycles. The summed E-state index contributed by atoms with van der Waals surface area (Å²) >= 11 is 0. The number of nitriles is 1. The van der Waals surface area contributed by atoms with Crippen molar-refractivity contribution in [1.29, 1.82) is 5.26 Å². The average Bonchev–Trinajstić information content (AvgIpc) is 2.80. The Labute approximate surface area is 110 Å². The number of nitrogen functional groups attached to an aromatic ring is 1. The molecule has 0 aliphatic carbocycles. The SMILES string of the molecule is COc1cc(-c2n[nH]c(N)c2C#N)cc(OC)c1C. The van der Waals surface area contributed by atoms with Crippen LogP contribution in [0.25, 0.3) is 11.3 Å².